The molecular weight excluding hydrogens is 204 g/mol. The van der Waals surface area contributed by atoms with Crippen LogP contribution in [0.2, 0.25) is 0 Å². The smallest absolute Gasteiger partial charge is 0.0876 e. The molecular formula is C12H22N2O2. The van der Waals surface area contributed by atoms with Crippen LogP contribution in [0.3, 0.4) is 0 Å². The molecule has 2 aliphatic heterocycles. The van der Waals surface area contributed by atoms with Crippen LogP contribution in [-0.4, -0.2) is 25.4 Å². The van der Waals surface area contributed by atoms with Gasteiger partial charge in [0.1, 0.15) is 0 Å². The molecule has 0 bridgehead atoms. The minimum Gasteiger partial charge on any atom is -0.501 e. The molecule has 0 aromatic heterocycles. The van der Waals surface area contributed by atoms with Gasteiger partial charge in [0.15, 0.2) is 0 Å². The average molecular weight is 226 g/mol. The molecule has 2 atom stereocenters. The number of ether oxygens (including phenoxy) is 2. The molecule has 0 aromatic carbocycles. The first-order chi connectivity index (χ1) is 7.90. The van der Waals surface area contributed by atoms with E-state index in [4.69, 9.17) is 15.3 Å². The fourth-order valence-electron chi connectivity index (χ4n) is 2.42. The zero-order chi connectivity index (χ0) is 11.2. The van der Waals surface area contributed by atoms with Gasteiger partial charge in [-0.3, -0.25) is 11.3 Å². The summed E-state index contributed by atoms with van der Waals surface area (Å²) in [5, 5.41) is 0. The Labute approximate surface area is 97.1 Å². The lowest BCUT2D eigenvalue weighted by Crippen LogP contribution is -2.40. The van der Waals surface area contributed by atoms with E-state index in [9.17, 15) is 0 Å². The quantitative estimate of drug-likeness (QED) is 0.563. The van der Waals surface area contributed by atoms with Gasteiger partial charge in [0.05, 0.1) is 19.0 Å². The molecule has 3 N–H and O–H groups in total. The van der Waals surface area contributed by atoms with Crippen LogP contribution in [0.15, 0.2) is 11.8 Å². The van der Waals surface area contributed by atoms with Gasteiger partial charge >= 0.3 is 0 Å². The number of hydrogen-bond acceptors (Lipinski definition) is 4. The summed E-state index contributed by atoms with van der Waals surface area (Å²) < 4.78 is 11.1. The summed E-state index contributed by atoms with van der Waals surface area (Å²) in [6, 6.07) is 0.211. The molecule has 2 rings (SSSR count). The molecule has 1 saturated heterocycles. The molecule has 0 aromatic rings. The van der Waals surface area contributed by atoms with Gasteiger partial charge in [-0.15, -0.1) is 0 Å². The summed E-state index contributed by atoms with van der Waals surface area (Å²) in [6.45, 7) is 1.73. The molecule has 4 heteroatoms. The van der Waals surface area contributed by atoms with E-state index < -0.39 is 0 Å². The lowest BCUT2D eigenvalue weighted by Gasteiger charge is -2.29. The van der Waals surface area contributed by atoms with Crippen molar-refractivity contribution in [3.63, 3.8) is 0 Å². The topological polar surface area (TPSA) is 56.5 Å². The maximum atomic E-state index is 5.74. The van der Waals surface area contributed by atoms with E-state index in [2.05, 4.69) is 5.43 Å². The normalized spacial score (nSPS) is 28.1. The monoisotopic (exact) mass is 226 g/mol. The molecule has 4 nitrogen and oxygen atoms in total. The molecule has 2 heterocycles. The summed E-state index contributed by atoms with van der Waals surface area (Å²) in [7, 11) is 0. The van der Waals surface area contributed by atoms with Crippen LogP contribution >= 0.6 is 0 Å². The van der Waals surface area contributed by atoms with Crippen LogP contribution in [0.5, 0.6) is 0 Å². The van der Waals surface area contributed by atoms with Crippen LogP contribution < -0.4 is 11.3 Å². The average Bonchev–Trinajstić information content (AvgIpc) is 2.38. The molecule has 2 unspecified atom stereocenters. The summed E-state index contributed by atoms with van der Waals surface area (Å²) in [5.41, 5.74) is 4.17. The van der Waals surface area contributed by atoms with Crippen LogP contribution in [-0.2, 0) is 9.47 Å². The van der Waals surface area contributed by atoms with Gasteiger partial charge in [0.2, 0.25) is 0 Å². The van der Waals surface area contributed by atoms with Crippen molar-refractivity contribution in [1.29, 1.82) is 0 Å². The standard InChI is InChI=1S/C12H22N2O2/c13-14-12(10-4-3-6-15-9-10)8-11-5-1-2-7-16-11/h9,11-12,14H,1-8,13H2. The van der Waals surface area contributed by atoms with Gasteiger partial charge < -0.3 is 9.47 Å². The first-order valence-corrected chi connectivity index (χ1v) is 6.28. The number of rotatable bonds is 4. The first-order valence-electron chi connectivity index (χ1n) is 6.28. The predicted molar refractivity (Wildman–Crippen MR) is 62.6 cm³/mol. The predicted octanol–water partition coefficient (Wildman–Crippen LogP) is 1.47. The third-order valence-electron chi connectivity index (χ3n) is 3.38. The molecule has 0 spiro atoms. The van der Waals surface area contributed by atoms with Crippen LogP contribution in [0.1, 0.15) is 38.5 Å². The van der Waals surface area contributed by atoms with Crippen molar-refractivity contribution in [2.45, 2.75) is 50.7 Å². The van der Waals surface area contributed by atoms with Crippen molar-refractivity contribution in [2.75, 3.05) is 13.2 Å². The van der Waals surface area contributed by atoms with Crippen molar-refractivity contribution in [2.24, 2.45) is 5.84 Å². The van der Waals surface area contributed by atoms with E-state index in [0.717, 1.165) is 38.9 Å². The second kappa shape index (κ2) is 6.23. The fourth-order valence-corrected chi connectivity index (χ4v) is 2.42. The number of nitrogens with two attached hydrogens (primary N) is 1. The Morgan fingerprint density at radius 3 is 2.94 bits per heavy atom. The van der Waals surface area contributed by atoms with Gasteiger partial charge in [-0.2, -0.15) is 0 Å². The Kier molecular flexibility index (Phi) is 4.63. The Morgan fingerprint density at radius 2 is 2.31 bits per heavy atom. The van der Waals surface area contributed by atoms with Crippen molar-refractivity contribution in [3.05, 3.63) is 11.8 Å². The molecule has 2 aliphatic rings. The Hall–Kier alpha value is -0.580. The van der Waals surface area contributed by atoms with E-state index in [0.29, 0.717) is 6.10 Å². The van der Waals surface area contributed by atoms with E-state index in [1.807, 2.05) is 6.26 Å². The third-order valence-corrected chi connectivity index (χ3v) is 3.38. The number of nitrogens with one attached hydrogen (secondary N) is 1. The lowest BCUT2D eigenvalue weighted by atomic mass is 9.94. The van der Waals surface area contributed by atoms with E-state index in [1.165, 1.54) is 18.4 Å². The second-order valence-electron chi connectivity index (χ2n) is 4.61. The zero-order valence-electron chi connectivity index (χ0n) is 9.78. The third kappa shape index (κ3) is 3.20. The molecule has 16 heavy (non-hydrogen) atoms. The maximum Gasteiger partial charge on any atom is 0.0876 e. The minimum atomic E-state index is 0.211. The second-order valence-corrected chi connectivity index (χ2v) is 4.61. The lowest BCUT2D eigenvalue weighted by molar-refractivity contribution is 0.00666. The highest BCUT2D eigenvalue weighted by molar-refractivity contribution is 5.10. The molecule has 0 amide bonds. The highest BCUT2D eigenvalue weighted by Crippen LogP contribution is 2.23. The number of hydrazine groups is 1. The van der Waals surface area contributed by atoms with Gasteiger partial charge in [0.25, 0.3) is 0 Å². The van der Waals surface area contributed by atoms with Gasteiger partial charge in [-0.1, -0.05) is 0 Å². The molecule has 1 fully saturated rings. The Bertz CT molecular complexity index is 237. The van der Waals surface area contributed by atoms with Crippen molar-refractivity contribution < 1.29 is 9.47 Å². The van der Waals surface area contributed by atoms with Crippen molar-refractivity contribution in [3.8, 4) is 0 Å². The SMILES string of the molecule is NNC(CC1CCCCO1)C1=COCCC1. The summed E-state index contributed by atoms with van der Waals surface area (Å²) in [5.74, 6) is 5.62. The summed E-state index contributed by atoms with van der Waals surface area (Å²) in [4.78, 5) is 0. The van der Waals surface area contributed by atoms with Crippen LogP contribution in [0.4, 0.5) is 0 Å². The molecule has 0 saturated carbocycles. The van der Waals surface area contributed by atoms with E-state index in [-0.39, 0.29) is 6.04 Å². The minimum absolute atomic E-state index is 0.211. The van der Waals surface area contributed by atoms with Crippen molar-refractivity contribution in [1.82, 2.24) is 5.43 Å². The Balaban J connectivity index is 1.86. The zero-order valence-corrected chi connectivity index (χ0v) is 9.78. The van der Waals surface area contributed by atoms with E-state index >= 15 is 0 Å². The Morgan fingerprint density at radius 1 is 1.38 bits per heavy atom. The van der Waals surface area contributed by atoms with Crippen molar-refractivity contribution >= 4 is 0 Å². The van der Waals surface area contributed by atoms with Gasteiger partial charge in [0, 0.05) is 12.6 Å². The molecule has 92 valence electrons. The van der Waals surface area contributed by atoms with Gasteiger partial charge in [-0.05, 0) is 44.1 Å². The largest absolute Gasteiger partial charge is 0.501 e. The van der Waals surface area contributed by atoms with Crippen LogP contribution in [0.25, 0.3) is 0 Å². The van der Waals surface area contributed by atoms with Gasteiger partial charge in [-0.25, -0.2) is 0 Å². The molecule has 0 aliphatic carbocycles. The summed E-state index contributed by atoms with van der Waals surface area (Å²) >= 11 is 0. The highest BCUT2D eigenvalue weighted by atomic mass is 16.5. The number of hydrogen-bond donors (Lipinski definition) is 2. The fraction of sp³-hybridized carbons (Fsp3) is 0.833. The molecule has 0 radical (unpaired) electrons. The van der Waals surface area contributed by atoms with E-state index in [1.54, 1.807) is 0 Å². The van der Waals surface area contributed by atoms with Crippen LogP contribution in [0, 0.1) is 0 Å². The highest BCUT2D eigenvalue weighted by Gasteiger charge is 2.22. The summed E-state index contributed by atoms with van der Waals surface area (Å²) in [6.07, 6.45) is 9.00. The first kappa shape index (κ1) is 11.9. The maximum absolute atomic E-state index is 5.74.